The van der Waals surface area contributed by atoms with Crippen LogP contribution in [0.25, 0.3) is 95.0 Å². The Kier molecular flexibility index (Phi) is 12.4. The van der Waals surface area contributed by atoms with Crippen LogP contribution >= 0.6 is 0 Å². The van der Waals surface area contributed by atoms with E-state index in [1.165, 1.54) is 11.1 Å². The van der Waals surface area contributed by atoms with E-state index in [0.717, 1.165) is 94.7 Å². The predicted octanol–water partition coefficient (Wildman–Crippen LogP) is 16.6. The van der Waals surface area contributed by atoms with Crippen molar-refractivity contribution in [2.75, 3.05) is 0 Å². The number of aromatic nitrogens is 3. The van der Waals surface area contributed by atoms with Crippen LogP contribution in [0.2, 0.25) is 0 Å². The van der Waals surface area contributed by atoms with Crippen LogP contribution in [0.4, 0.5) is 0 Å². The Labute approximate surface area is 416 Å². The predicted molar refractivity (Wildman–Crippen MR) is 280 cm³/mol. The first-order valence-electron chi connectivity index (χ1n) is 23.5. The van der Waals surface area contributed by atoms with Crippen LogP contribution in [0.1, 0.15) is 64.1 Å². The molecule has 8 aromatic carbocycles. The molecule has 10 rings (SSSR count). The quantitative estimate of drug-likeness (QED) is 0.147. The molecule has 0 radical (unpaired) electrons. The first kappa shape index (κ1) is 44.7. The van der Waals surface area contributed by atoms with Crippen molar-refractivity contribution >= 4 is 11.0 Å². The normalized spacial score (nSPS) is 11.9. The van der Waals surface area contributed by atoms with Gasteiger partial charge in [0.25, 0.3) is 0 Å². The van der Waals surface area contributed by atoms with Gasteiger partial charge >= 0.3 is 0 Å². The van der Waals surface area contributed by atoms with Gasteiger partial charge in [-0.2, -0.15) is 0 Å². The van der Waals surface area contributed by atoms with Gasteiger partial charge in [0.2, 0.25) is 0 Å². The molecule has 2 heterocycles. The number of hydrogen-bond acceptors (Lipinski definition) is 3. The molecule has 338 valence electrons. The van der Waals surface area contributed by atoms with E-state index in [-0.39, 0.29) is 32.2 Å². The molecular formula is C63H54N3OPt-. The molecule has 0 unspecified atom stereocenters. The summed E-state index contributed by atoms with van der Waals surface area (Å²) in [6.07, 6.45) is 1.89. The Morgan fingerprint density at radius 1 is 0.574 bits per heavy atom. The van der Waals surface area contributed by atoms with Gasteiger partial charge in [0.15, 0.2) is 0 Å². The number of benzene rings is 8. The van der Waals surface area contributed by atoms with Gasteiger partial charge in [-0.15, -0.1) is 29.3 Å². The van der Waals surface area contributed by atoms with E-state index in [4.69, 9.17) is 9.97 Å². The second kappa shape index (κ2) is 18.9. The molecule has 0 aliphatic heterocycles. The van der Waals surface area contributed by atoms with Crippen molar-refractivity contribution < 1.29 is 27.5 Å². The average Bonchev–Trinajstić information content (AvgIpc) is 3.74. The summed E-state index contributed by atoms with van der Waals surface area (Å²) in [5, 5.41) is 12.0. The van der Waals surface area contributed by atoms with Crippen molar-refractivity contribution in [3.05, 3.63) is 217 Å². The van der Waals surface area contributed by atoms with E-state index in [1.807, 2.05) is 69.4 Å². The summed E-state index contributed by atoms with van der Waals surface area (Å²) < 4.78 is 11.7. The number of pyridine rings is 1. The molecule has 0 saturated carbocycles. The number of fused-ring (bicyclic) bond motifs is 1. The number of aromatic hydroxyl groups is 1. The standard InChI is InChI=1S/C63H54N3O.Pt/c1-40(2)53-38-55(47-22-15-10-16-23-47)59(39-54(53)46-20-13-9-14-21-46)66-58-25-17-24-52(60(58)65-62(66)56-33-41(3)32-42(4)61(56)67)49-34-50(36-51(35-49)63(5,6)7)57-37-48(30-31-64-57)45-28-26-44(27-29-45)43-18-11-8-12-19-43;/h8-33,35-40,67H,1-7H3;/q-1;/i40D;. The van der Waals surface area contributed by atoms with E-state index >= 15 is 0 Å². The van der Waals surface area contributed by atoms with Gasteiger partial charge in [-0.25, -0.2) is 4.98 Å². The molecule has 0 bridgehead atoms. The van der Waals surface area contributed by atoms with Crippen LogP contribution in [0, 0.1) is 19.9 Å². The number of rotatable bonds is 9. The Bertz CT molecular complexity index is 3480. The van der Waals surface area contributed by atoms with Gasteiger partial charge in [-0.05, 0) is 111 Å². The van der Waals surface area contributed by atoms with Gasteiger partial charge in [0, 0.05) is 39.9 Å². The molecule has 0 aliphatic rings. The SMILES string of the molecule is [2H]C(C)(C)c1cc(-c2ccccc2)c(-n2c(-c3cc(C)cc(C)c3O)nc3c(-c4[c-]c(-c5cc(-c6ccc(-c7ccccc7)cc6)ccn5)cc(C(C)(C)C)c4)cccc32)cc1-c1ccccc1.[Pt]. The molecule has 0 fully saturated rings. The van der Waals surface area contributed by atoms with Gasteiger partial charge < -0.3 is 5.11 Å². The summed E-state index contributed by atoms with van der Waals surface area (Å²) in [6.45, 7) is 14.6. The Balaban J connectivity index is 0.00000593. The van der Waals surface area contributed by atoms with Gasteiger partial charge in [-0.3, -0.25) is 9.55 Å². The maximum absolute atomic E-state index is 12.0. The zero-order valence-corrected chi connectivity index (χ0v) is 41.8. The van der Waals surface area contributed by atoms with E-state index < -0.39 is 5.89 Å². The Morgan fingerprint density at radius 3 is 1.79 bits per heavy atom. The Morgan fingerprint density at radius 2 is 1.16 bits per heavy atom. The van der Waals surface area contributed by atoms with Gasteiger partial charge in [0.1, 0.15) is 11.6 Å². The minimum absolute atomic E-state index is 0. The number of para-hydroxylation sites is 1. The second-order valence-corrected chi connectivity index (χ2v) is 18.9. The summed E-state index contributed by atoms with van der Waals surface area (Å²) in [5.74, 6) is -0.115. The molecule has 1 N–H and O–H groups in total. The Hall–Kier alpha value is -7.13. The molecule has 0 amide bonds. The maximum atomic E-state index is 12.0. The minimum Gasteiger partial charge on any atom is -0.507 e. The maximum Gasteiger partial charge on any atom is 0.148 e. The molecule has 10 aromatic rings. The van der Waals surface area contributed by atoms with Crippen LogP contribution in [-0.4, -0.2) is 19.6 Å². The van der Waals surface area contributed by atoms with Crippen LogP contribution in [-0.2, 0) is 26.5 Å². The van der Waals surface area contributed by atoms with Crippen molar-refractivity contribution in [3.63, 3.8) is 0 Å². The first-order chi connectivity index (χ1) is 32.7. The molecule has 0 aliphatic carbocycles. The van der Waals surface area contributed by atoms with Crippen molar-refractivity contribution in [3.8, 4) is 89.7 Å². The molecule has 4 nitrogen and oxygen atoms in total. The zero-order chi connectivity index (χ0) is 47.3. The van der Waals surface area contributed by atoms with Gasteiger partial charge in [0.05, 0.1) is 22.3 Å². The molecule has 0 spiro atoms. The van der Waals surface area contributed by atoms with Crippen LogP contribution in [0.5, 0.6) is 5.75 Å². The van der Waals surface area contributed by atoms with Crippen LogP contribution in [0.15, 0.2) is 188 Å². The fourth-order valence-electron chi connectivity index (χ4n) is 9.29. The third-order valence-electron chi connectivity index (χ3n) is 12.8. The van der Waals surface area contributed by atoms with Crippen molar-refractivity contribution in [2.24, 2.45) is 0 Å². The summed E-state index contributed by atoms with van der Waals surface area (Å²) in [7, 11) is 0. The summed E-state index contributed by atoms with van der Waals surface area (Å²) in [6, 6.07) is 67.2. The third-order valence-corrected chi connectivity index (χ3v) is 12.8. The largest absolute Gasteiger partial charge is 0.507 e. The summed E-state index contributed by atoms with van der Waals surface area (Å²) >= 11 is 0. The number of nitrogens with zero attached hydrogens (tertiary/aromatic N) is 3. The van der Waals surface area contributed by atoms with Crippen LogP contribution < -0.4 is 0 Å². The number of phenolic OH excluding ortho intramolecular Hbond substituents is 1. The number of hydrogen-bond donors (Lipinski definition) is 1. The molecule has 0 saturated heterocycles. The molecule has 5 heteroatoms. The van der Waals surface area contributed by atoms with Crippen molar-refractivity contribution in [1.82, 2.24) is 14.5 Å². The zero-order valence-electron chi connectivity index (χ0n) is 40.5. The second-order valence-electron chi connectivity index (χ2n) is 18.9. The molecule has 2 aromatic heterocycles. The molecule has 0 atom stereocenters. The van der Waals surface area contributed by atoms with Crippen molar-refractivity contribution in [2.45, 2.75) is 59.8 Å². The van der Waals surface area contributed by atoms with E-state index in [0.29, 0.717) is 11.4 Å². The first-order valence-corrected chi connectivity index (χ1v) is 23.0. The minimum atomic E-state index is -0.918. The van der Waals surface area contributed by atoms with Gasteiger partial charge in [-0.1, -0.05) is 185 Å². The van der Waals surface area contributed by atoms with E-state index in [1.54, 1.807) is 0 Å². The topological polar surface area (TPSA) is 50.9 Å². The third kappa shape index (κ3) is 8.90. The smallest absolute Gasteiger partial charge is 0.148 e. The summed E-state index contributed by atoms with van der Waals surface area (Å²) in [4.78, 5) is 10.5. The summed E-state index contributed by atoms with van der Waals surface area (Å²) in [5.41, 5.74) is 18.9. The number of imidazole rings is 1. The fourth-order valence-corrected chi connectivity index (χ4v) is 9.29. The molecule has 68 heavy (non-hydrogen) atoms. The molecular weight excluding hydrogens is 1010 g/mol. The van der Waals surface area contributed by atoms with E-state index in [9.17, 15) is 6.48 Å². The number of phenols is 1. The monoisotopic (exact) mass is 1060 g/mol. The van der Waals surface area contributed by atoms with E-state index in [2.05, 4.69) is 178 Å². The fraction of sp³-hybridized carbons (Fsp3) is 0.143. The van der Waals surface area contributed by atoms with Crippen LogP contribution in [0.3, 0.4) is 0 Å². The van der Waals surface area contributed by atoms with Crippen molar-refractivity contribution in [1.29, 1.82) is 0 Å². The average molecular weight is 1070 g/mol. The number of aryl methyl sites for hydroxylation is 2.